The van der Waals surface area contributed by atoms with Crippen LogP contribution in [-0.2, 0) is 4.74 Å². The minimum absolute atomic E-state index is 0.764. The fourth-order valence-corrected chi connectivity index (χ4v) is 3.05. The molecule has 1 aliphatic rings. The predicted molar refractivity (Wildman–Crippen MR) is 73.3 cm³/mol. The molecule has 3 heteroatoms. The second kappa shape index (κ2) is 8.48. The molecule has 0 aromatic heterocycles. The second-order valence-corrected chi connectivity index (χ2v) is 5.50. The average Bonchev–Trinajstić information content (AvgIpc) is 2.32. The normalized spacial score (nSPS) is 18.6. The summed E-state index contributed by atoms with van der Waals surface area (Å²) in [6, 6.07) is 0.764. The van der Waals surface area contributed by atoms with E-state index in [0.717, 1.165) is 30.5 Å². The van der Waals surface area contributed by atoms with Crippen molar-refractivity contribution < 1.29 is 4.74 Å². The summed E-state index contributed by atoms with van der Waals surface area (Å²) in [5, 5.41) is 1.09. The summed E-state index contributed by atoms with van der Waals surface area (Å²) in [6.07, 6.45) is 5.04. The maximum atomic E-state index is 5.43. The summed E-state index contributed by atoms with van der Waals surface area (Å²) in [7, 11) is 0. The predicted octanol–water partition coefficient (Wildman–Crippen LogP) is 3.30. The van der Waals surface area contributed by atoms with Gasteiger partial charge >= 0.3 is 0 Å². The number of hydrogen-bond donors (Lipinski definition) is 0. The molecular weight excluding hydrogens is 266 g/mol. The smallest absolute Gasteiger partial charge is 0.0469 e. The van der Waals surface area contributed by atoms with Gasteiger partial charge in [0.05, 0.1) is 0 Å². The van der Waals surface area contributed by atoms with Crippen LogP contribution in [0, 0.1) is 5.92 Å². The highest BCUT2D eigenvalue weighted by atomic mass is 79.9. The molecule has 0 aromatic carbocycles. The molecule has 1 rings (SSSR count). The molecule has 0 amide bonds. The van der Waals surface area contributed by atoms with Gasteiger partial charge < -0.3 is 4.74 Å². The van der Waals surface area contributed by atoms with Crippen molar-refractivity contribution in [1.82, 2.24) is 4.90 Å². The molecule has 0 radical (unpaired) electrons. The summed E-state index contributed by atoms with van der Waals surface area (Å²) >= 11 is 3.58. The first kappa shape index (κ1) is 14.5. The van der Waals surface area contributed by atoms with E-state index in [1.165, 1.54) is 38.8 Å². The van der Waals surface area contributed by atoms with Crippen molar-refractivity contribution in [3.05, 3.63) is 0 Å². The molecule has 0 aliphatic carbocycles. The molecule has 0 aromatic rings. The van der Waals surface area contributed by atoms with Crippen molar-refractivity contribution in [3.63, 3.8) is 0 Å². The first-order valence-electron chi connectivity index (χ1n) is 6.69. The van der Waals surface area contributed by atoms with Gasteiger partial charge in [-0.1, -0.05) is 29.8 Å². The topological polar surface area (TPSA) is 12.5 Å². The van der Waals surface area contributed by atoms with Crippen LogP contribution in [0.25, 0.3) is 0 Å². The third kappa shape index (κ3) is 4.72. The van der Waals surface area contributed by atoms with E-state index in [1.807, 2.05) is 0 Å². The van der Waals surface area contributed by atoms with Gasteiger partial charge in [0, 0.05) is 37.7 Å². The van der Waals surface area contributed by atoms with Crippen molar-refractivity contribution in [2.75, 3.05) is 31.6 Å². The number of nitrogens with zero attached hydrogens (tertiary/aromatic N) is 1. The van der Waals surface area contributed by atoms with Crippen LogP contribution < -0.4 is 0 Å². The van der Waals surface area contributed by atoms with Gasteiger partial charge in [-0.15, -0.1) is 0 Å². The van der Waals surface area contributed by atoms with E-state index in [2.05, 4.69) is 34.7 Å². The maximum absolute atomic E-state index is 5.43. The van der Waals surface area contributed by atoms with Crippen LogP contribution in [0.1, 0.15) is 39.5 Å². The fourth-order valence-electron chi connectivity index (χ4n) is 2.60. The van der Waals surface area contributed by atoms with Crippen LogP contribution in [0.15, 0.2) is 0 Å². The van der Waals surface area contributed by atoms with Gasteiger partial charge in [0.25, 0.3) is 0 Å². The Morgan fingerprint density at radius 2 is 1.88 bits per heavy atom. The number of ether oxygens (including phenoxy) is 1. The monoisotopic (exact) mass is 291 g/mol. The maximum Gasteiger partial charge on any atom is 0.0469 e. The molecule has 1 fully saturated rings. The third-order valence-electron chi connectivity index (χ3n) is 3.66. The summed E-state index contributed by atoms with van der Waals surface area (Å²) < 4.78 is 5.43. The molecule has 16 heavy (non-hydrogen) atoms. The summed E-state index contributed by atoms with van der Waals surface area (Å²) in [5.41, 5.74) is 0. The van der Waals surface area contributed by atoms with Crippen LogP contribution in [0.3, 0.4) is 0 Å². The summed E-state index contributed by atoms with van der Waals surface area (Å²) in [4.78, 5) is 2.67. The lowest BCUT2D eigenvalue weighted by molar-refractivity contribution is 0.0457. The van der Waals surface area contributed by atoms with Gasteiger partial charge in [0.15, 0.2) is 0 Å². The van der Waals surface area contributed by atoms with Gasteiger partial charge in [-0.05, 0) is 31.6 Å². The molecule has 0 saturated carbocycles. The minimum Gasteiger partial charge on any atom is -0.381 e. The lowest BCUT2D eigenvalue weighted by Crippen LogP contribution is -2.40. The standard InChI is InChI=1S/C13H26BrNO/c1-3-13(4-2)15(8-7-14)11-12-5-9-16-10-6-12/h12-13H,3-11H2,1-2H3. The van der Waals surface area contributed by atoms with Gasteiger partial charge in [-0.25, -0.2) is 0 Å². The Balaban J connectivity index is 2.41. The quantitative estimate of drug-likeness (QED) is 0.668. The van der Waals surface area contributed by atoms with Crippen molar-refractivity contribution in [2.45, 2.75) is 45.6 Å². The van der Waals surface area contributed by atoms with E-state index in [0.29, 0.717) is 0 Å². The summed E-state index contributed by atoms with van der Waals surface area (Å²) in [5.74, 6) is 0.855. The number of halogens is 1. The van der Waals surface area contributed by atoms with Crippen molar-refractivity contribution >= 4 is 15.9 Å². The lowest BCUT2D eigenvalue weighted by Gasteiger charge is -2.34. The zero-order chi connectivity index (χ0) is 11.8. The molecule has 1 aliphatic heterocycles. The van der Waals surface area contributed by atoms with Crippen molar-refractivity contribution in [2.24, 2.45) is 5.92 Å². The Labute approximate surface area is 109 Å². The Kier molecular flexibility index (Phi) is 7.67. The molecule has 0 unspecified atom stereocenters. The molecule has 1 heterocycles. The molecular formula is C13H26BrNO. The lowest BCUT2D eigenvalue weighted by atomic mass is 9.98. The fraction of sp³-hybridized carbons (Fsp3) is 1.00. The SMILES string of the molecule is CCC(CC)N(CCBr)CC1CCOCC1. The molecule has 1 saturated heterocycles. The average molecular weight is 292 g/mol. The Morgan fingerprint density at radius 1 is 1.25 bits per heavy atom. The zero-order valence-corrected chi connectivity index (χ0v) is 12.3. The molecule has 0 bridgehead atoms. The highest BCUT2D eigenvalue weighted by Gasteiger charge is 2.21. The highest BCUT2D eigenvalue weighted by molar-refractivity contribution is 9.09. The van der Waals surface area contributed by atoms with Gasteiger partial charge in [0.1, 0.15) is 0 Å². The van der Waals surface area contributed by atoms with Crippen LogP contribution in [0.2, 0.25) is 0 Å². The van der Waals surface area contributed by atoms with Gasteiger partial charge in [0.2, 0.25) is 0 Å². The van der Waals surface area contributed by atoms with E-state index in [-0.39, 0.29) is 0 Å². The zero-order valence-electron chi connectivity index (χ0n) is 10.8. The van der Waals surface area contributed by atoms with Crippen LogP contribution >= 0.6 is 15.9 Å². The van der Waals surface area contributed by atoms with Crippen LogP contribution in [0.4, 0.5) is 0 Å². The second-order valence-electron chi connectivity index (χ2n) is 4.71. The van der Waals surface area contributed by atoms with Crippen molar-refractivity contribution in [3.8, 4) is 0 Å². The minimum atomic E-state index is 0.764. The van der Waals surface area contributed by atoms with E-state index in [4.69, 9.17) is 4.74 Å². The van der Waals surface area contributed by atoms with Gasteiger partial charge in [-0.3, -0.25) is 4.90 Å². The molecule has 0 spiro atoms. The van der Waals surface area contributed by atoms with Crippen LogP contribution in [0.5, 0.6) is 0 Å². The Morgan fingerprint density at radius 3 is 2.38 bits per heavy atom. The Hall–Kier alpha value is 0.400. The first-order valence-corrected chi connectivity index (χ1v) is 7.81. The van der Waals surface area contributed by atoms with Gasteiger partial charge in [-0.2, -0.15) is 0 Å². The Bertz CT molecular complexity index is 167. The number of alkyl halides is 1. The van der Waals surface area contributed by atoms with Crippen molar-refractivity contribution in [1.29, 1.82) is 0 Å². The molecule has 0 atom stereocenters. The molecule has 0 N–H and O–H groups in total. The van der Waals surface area contributed by atoms with E-state index in [1.54, 1.807) is 0 Å². The number of rotatable bonds is 7. The van der Waals surface area contributed by atoms with E-state index < -0.39 is 0 Å². The molecule has 2 nitrogen and oxygen atoms in total. The highest BCUT2D eigenvalue weighted by Crippen LogP contribution is 2.19. The number of hydrogen-bond acceptors (Lipinski definition) is 2. The molecule has 96 valence electrons. The first-order chi connectivity index (χ1) is 7.81. The largest absolute Gasteiger partial charge is 0.381 e. The third-order valence-corrected chi connectivity index (χ3v) is 4.02. The van der Waals surface area contributed by atoms with E-state index >= 15 is 0 Å². The summed E-state index contributed by atoms with van der Waals surface area (Å²) in [6.45, 7) is 9.00. The van der Waals surface area contributed by atoms with E-state index in [9.17, 15) is 0 Å². The van der Waals surface area contributed by atoms with Crippen LogP contribution in [-0.4, -0.2) is 42.6 Å².